The summed E-state index contributed by atoms with van der Waals surface area (Å²) >= 11 is 7.98. The second-order valence-electron chi connectivity index (χ2n) is 4.63. The molecule has 0 atom stereocenters. The Morgan fingerprint density at radius 1 is 1.14 bits per heavy atom. The van der Waals surface area contributed by atoms with Crippen LogP contribution in [0.4, 0.5) is 4.39 Å². The second kappa shape index (κ2) is 6.15. The first-order valence-electron chi connectivity index (χ1n) is 6.34. The summed E-state index contributed by atoms with van der Waals surface area (Å²) in [7, 11) is 0. The fraction of sp³-hybridized carbons (Fsp3) is 0.0625. The Balaban J connectivity index is 1.92. The van der Waals surface area contributed by atoms with Gasteiger partial charge in [-0.15, -0.1) is 0 Å². The molecule has 0 saturated heterocycles. The zero-order valence-electron chi connectivity index (χ0n) is 10.9. The first-order chi connectivity index (χ1) is 10.1. The van der Waals surface area contributed by atoms with Crippen LogP contribution in [0, 0.1) is 9.39 Å². The summed E-state index contributed by atoms with van der Waals surface area (Å²) in [6.07, 6.45) is 3.64. The maximum Gasteiger partial charge on any atom is 0.142 e. The molecule has 106 valence electrons. The lowest BCUT2D eigenvalue weighted by Crippen LogP contribution is -2.01. The van der Waals surface area contributed by atoms with E-state index >= 15 is 0 Å². The van der Waals surface area contributed by atoms with Crippen LogP contribution in [0.3, 0.4) is 0 Å². The van der Waals surface area contributed by atoms with Crippen LogP contribution in [-0.4, -0.2) is 9.55 Å². The lowest BCUT2D eigenvalue weighted by atomic mass is 10.2. The molecule has 0 spiro atoms. The molecule has 0 amide bonds. The van der Waals surface area contributed by atoms with Crippen LogP contribution in [-0.2, 0) is 6.54 Å². The molecule has 21 heavy (non-hydrogen) atoms. The quantitative estimate of drug-likeness (QED) is 0.554. The Labute approximate surface area is 140 Å². The predicted molar refractivity (Wildman–Crippen MR) is 90.9 cm³/mol. The Bertz CT molecular complexity index is 768. The molecular weight excluding hydrogens is 402 g/mol. The van der Waals surface area contributed by atoms with Gasteiger partial charge in [0.1, 0.15) is 11.6 Å². The van der Waals surface area contributed by atoms with Crippen LogP contribution < -0.4 is 0 Å². The van der Waals surface area contributed by atoms with E-state index in [2.05, 4.69) is 27.6 Å². The topological polar surface area (TPSA) is 17.8 Å². The van der Waals surface area contributed by atoms with Gasteiger partial charge < -0.3 is 4.57 Å². The molecule has 0 N–H and O–H groups in total. The fourth-order valence-electron chi connectivity index (χ4n) is 2.13. The molecule has 0 aliphatic carbocycles. The maximum atomic E-state index is 13.5. The van der Waals surface area contributed by atoms with E-state index in [0.29, 0.717) is 6.54 Å². The number of hydrogen-bond acceptors (Lipinski definition) is 1. The fourth-order valence-corrected chi connectivity index (χ4v) is 2.61. The van der Waals surface area contributed by atoms with Crippen molar-refractivity contribution in [2.24, 2.45) is 0 Å². The van der Waals surface area contributed by atoms with E-state index in [-0.39, 0.29) is 5.02 Å². The van der Waals surface area contributed by atoms with Crippen molar-refractivity contribution in [3.63, 3.8) is 0 Å². The third kappa shape index (κ3) is 3.27. The van der Waals surface area contributed by atoms with Gasteiger partial charge in [-0.05, 0) is 52.4 Å². The SMILES string of the molecule is Fc1cc(Cn2ccnc2-c2ccc(I)cc2)ccc1Cl. The summed E-state index contributed by atoms with van der Waals surface area (Å²) in [6, 6.07) is 13.0. The average molecular weight is 413 g/mol. The molecule has 0 fully saturated rings. The summed E-state index contributed by atoms with van der Waals surface area (Å²) in [5, 5.41) is 0.141. The van der Waals surface area contributed by atoms with Crippen molar-refractivity contribution in [3.05, 3.63) is 74.8 Å². The van der Waals surface area contributed by atoms with Crippen LogP contribution in [0.25, 0.3) is 11.4 Å². The van der Waals surface area contributed by atoms with Crippen LogP contribution in [0.1, 0.15) is 5.56 Å². The lowest BCUT2D eigenvalue weighted by Gasteiger charge is -2.09. The van der Waals surface area contributed by atoms with Gasteiger partial charge in [0.15, 0.2) is 0 Å². The number of imidazole rings is 1. The van der Waals surface area contributed by atoms with Gasteiger partial charge in [-0.2, -0.15) is 0 Å². The number of hydrogen-bond donors (Lipinski definition) is 0. The van der Waals surface area contributed by atoms with Crippen molar-refractivity contribution >= 4 is 34.2 Å². The van der Waals surface area contributed by atoms with Crippen LogP contribution in [0.5, 0.6) is 0 Å². The highest BCUT2D eigenvalue weighted by molar-refractivity contribution is 14.1. The number of rotatable bonds is 3. The maximum absolute atomic E-state index is 13.5. The van der Waals surface area contributed by atoms with E-state index in [9.17, 15) is 4.39 Å². The Morgan fingerprint density at radius 2 is 1.90 bits per heavy atom. The molecule has 0 radical (unpaired) electrons. The first kappa shape index (κ1) is 14.5. The highest BCUT2D eigenvalue weighted by Gasteiger charge is 2.08. The normalized spacial score (nSPS) is 10.8. The largest absolute Gasteiger partial charge is 0.327 e. The minimum absolute atomic E-state index is 0.141. The van der Waals surface area contributed by atoms with Crippen LogP contribution in [0.15, 0.2) is 54.9 Å². The molecule has 0 aliphatic heterocycles. The molecule has 2 nitrogen and oxygen atoms in total. The van der Waals surface area contributed by atoms with Gasteiger partial charge in [0, 0.05) is 28.1 Å². The molecule has 2 aromatic carbocycles. The molecule has 0 aliphatic rings. The summed E-state index contributed by atoms with van der Waals surface area (Å²) in [5.74, 6) is 0.465. The van der Waals surface area contributed by atoms with Gasteiger partial charge in [-0.25, -0.2) is 9.37 Å². The van der Waals surface area contributed by atoms with Gasteiger partial charge in [-0.1, -0.05) is 29.8 Å². The van der Waals surface area contributed by atoms with Crippen molar-refractivity contribution in [3.8, 4) is 11.4 Å². The monoisotopic (exact) mass is 412 g/mol. The molecule has 0 saturated carbocycles. The molecule has 0 bridgehead atoms. The van der Waals surface area contributed by atoms with Crippen LogP contribution in [0.2, 0.25) is 5.02 Å². The van der Waals surface area contributed by atoms with Gasteiger partial charge >= 0.3 is 0 Å². The van der Waals surface area contributed by atoms with Crippen molar-refractivity contribution in [2.45, 2.75) is 6.54 Å². The van der Waals surface area contributed by atoms with Gasteiger partial charge in [0.25, 0.3) is 0 Å². The average Bonchev–Trinajstić information content (AvgIpc) is 2.92. The second-order valence-corrected chi connectivity index (χ2v) is 6.29. The number of nitrogens with zero attached hydrogens (tertiary/aromatic N) is 2. The molecule has 3 rings (SSSR count). The zero-order valence-corrected chi connectivity index (χ0v) is 13.8. The molecule has 3 aromatic rings. The number of aromatic nitrogens is 2. The Kier molecular flexibility index (Phi) is 4.26. The predicted octanol–water partition coefficient (Wildman–Crippen LogP) is 5.00. The van der Waals surface area contributed by atoms with E-state index in [0.717, 1.165) is 17.0 Å². The van der Waals surface area contributed by atoms with Crippen molar-refractivity contribution in [1.82, 2.24) is 9.55 Å². The number of benzene rings is 2. The summed E-state index contributed by atoms with van der Waals surface area (Å²) in [4.78, 5) is 4.39. The smallest absolute Gasteiger partial charge is 0.142 e. The molecule has 1 heterocycles. The van der Waals surface area contributed by atoms with Crippen molar-refractivity contribution in [1.29, 1.82) is 0 Å². The summed E-state index contributed by atoms with van der Waals surface area (Å²) in [5.41, 5.74) is 1.89. The zero-order chi connectivity index (χ0) is 14.8. The summed E-state index contributed by atoms with van der Waals surface area (Å²) in [6.45, 7) is 0.551. The van der Waals surface area contributed by atoms with Gasteiger partial charge in [0.2, 0.25) is 0 Å². The van der Waals surface area contributed by atoms with E-state index in [1.165, 1.54) is 9.64 Å². The highest BCUT2D eigenvalue weighted by Crippen LogP contribution is 2.21. The van der Waals surface area contributed by atoms with E-state index < -0.39 is 5.82 Å². The third-order valence-corrected chi connectivity index (χ3v) is 4.18. The van der Waals surface area contributed by atoms with Gasteiger partial charge in [-0.3, -0.25) is 0 Å². The van der Waals surface area contributed by atoms with Crippen LogP contribution >= 0.6 is 34.2 Å². The molecule has 0 unspecified atom stereocenters. The Hall–Kier alpha value is -1.40. The molecule has 1 aromatic heterocycles. The first-order valence-corrected chi connectivity index (χ1v) is 7.80. The lowest BCUT2D eigenvalue weighted by molar-refractivity contribution is 0.624. The molecule has 5 heteroatoms. The van der Waals surface area contributed by atoms with Crippen molar-refractivity contribution < 1.29 is 4.39 Å². The van der Waals surface area contributed by atoms with E-state index in [1.54, 1.807) is 12.3 Å². The highest BCUT2D eigenvalue weighted by atomic mass is 127. The minimum atomic E-state index is -0.398. The summed E-state index contributed by atoms with van der Waals surface area (Å²) < 4.78 is 16.7. The third-order valence-electron chi connectivity index (χ3n) is 3.15. The standard InChI is InChI=1S/C16H11ClFIN2/c17-14-6-1-11(9-15(14)18)10-21-8-7-20-16(21)12-2-4-13(19)5-3-12/h1-9H,10H2. The van der Waals surface area contributed by atoms with Gasteiger partial charge in [0.05, 0.1) is 5.02 Å². The van der Waals surface area contributed by atoms with Crippen molar-refractivity contribution in [2.75, 3.05) is 0 Å². The minimum Gasteiger partial charge on any atom is -0.327 e. The number of halogens is 3. The van der Waals surface area contributed by atoms with E-state index in [1.807, 2.05) is 41.1 Å². The molecular formula is C16H11ClFIN2. The Morgan fingerprint density at radius 3 is 2.62 bits per heavy atom. The van der Waals surface area contributed by atoms with E-state index in [4.69, 9.17) is 11.6 Å².